The van der Waals surface area contributed by atoms with Gasteiger partial charge in [-0.2, -0.15) is 0 Å². The molecule has 1 rings (SSSR count). The molecule has 0 saturated carbocycles. The molecule has 1 aromatic rings. The number of hydrogen-bond acceptors (Lipinski definition) is 0. The Morgan fingerprint density at radius 2 is 1.78 bits per heavy atom. The van der Waals surface area contributed by atoms with Crippen molar-refractivity contribution < 1.29 is 0 Å². The van der Waals surface area contributed by atoms with E-state index in [9.17, 15) is 0 Å². The molecule has 0 N–H and O–H groups in total. The van der Waals surface area contributed by atoms with E-state index in [1.807, 2.05) is 0 Å². The molecule has 1 unspecified atom stereocenters. The molecule has 0 spiro atoms. The van der Waals surface area contributed by atoms with Crippen LogP contribution in [0.25, 0.3) is 0 Å². The van der Waals surface area contributed by atoms with Gasteiger partial charge in [-0.3, -0.25) is 0 Å². The first kappa shape index (κ1) is 7.25. The molecule has 45 valence electrons. The average molecular weight is 312 g/mol. The molecule has 1 aromatic carbocycles. The van der Waals surface area contributed by atoms with E-state index in [2.05, 4.69) is 37.3 Å². The van der Waals surface area contributed by atoms with E-state index in [1.54, 1.807) is 0 Å². The standard InChI is InChI=1S/C8H9.Pb/c1-2-8-6-4-3-5-7-8;/h2-7H,1H3;. The molecule has 0 aliphatic heterocycles. The van der Waals surface area contributed by atoms with Crippen molar-refractivity contribution in [3.05, 3.63) is 35.9 Å². The first-order chi connectivity index (χ1) is 4.30. The van der Waals surface area contributed by atoms with Gasteiger partial charge in [-0.1, -0.05) is 0 Å². The first-order valence-electron chi connectivity index (χ1n) is 3.07. The summed E-state index contributed by atoms with van der Waals surface area (Å²) in [7, 11) is 0. The molecule has 0 amide bonds. The SMILES string of the molecule is C[CH]([Pb])c1ccccc1. The zero-order valence-corrected chi connectivity index (χ0v) is 9.35. The Morgan fingerprint density at radius 1 is 1.22 bits per heavy atom. The van der Waals surface area contributed by atoms with Gasteiger partial charge in [0, 0.05) is 0 Å². The van der Waals surface area contributed by atoms with Crippen LogP contribution >= 0.6 is 0 Å². The second-order valence-electron chi connectivity index (χ2n) is 2.13. The van der Waals surface area contributed by atoms with Crippen LogP contribution in [0.5, 0.6) is 0 Å². The van der Waals surface area contributed by atoms with Gasteiger partial charge in [-0.15, -0.1) is 0 Å². The van der Waals surface area contributed by atoms with Crippen molar-refractivity contribution in [2.24, 2.45) is 0 Å². The van der Waals surface area contributed by atoms with Crippen LogP contribution in [-0.2, 0) is 0 Å². The van der Waals surface area contributed by atoms with Crippen molar-refractivity contribution in [2.75, 3.05) is 0 Å². The van der Waals surface area contributed by atoms with Gasteiger partial charge in [0.05, 0.1) is 0 Å². The quantitative estimate of drug-likeness (QED) is 0.695. The second-order valence-corrected chi connectivity index (χ2v) is 5.50. The summed E-state index contributed by atoms with van der Waals surface area (Å²) in [5.41, 5.74) is 1.48. The summed E-state index contributed by atoms with van der Waals surface area (Å²) >= 11 is 1.26. The van der Waals surface area contributed by atoms with Gasteiger partial charge in [0.1, 0.15) is 0 Å². The molecule has 0 heterocycles. The van der Waals surface area contributed by atoms with Crippen LogP contribution < -0.4 is 0 Å². The molecule has 0 bridgehead atoms. The molecule has 0 saturated heterocycles. The van der Waals surface area contributed by atoms with Gasteiger partial charge in [0.15, 0.2) is 0 Å². The molecule has 0 aliphatic rings. The molecule has 9 heavy (non-hydrogen) atoms. The summed E-state index contributed by atoms with van der Waals surface area (Å²) < 4.78 is 0.797. The zero-order valence-electron chi connectivity index (χ0n) is 5.46. The van der Waals surface area contributed by atoms with Gasteiger partial charge < -0.3 is 0 Å². The van der Waals surface area contributed by atoms with E-state index in [1.165, 1.54) is 31.3 Å². The predicted octanol–water partition coefficient (Wildman–Crippen LogP) is 1.92. The Morgan fingerprint density at radius 3 is 2.11 bits per heavy atom. The predicted molar refractivity (Wildman–Crippen MR) is 40.6 cm³/mol. The monoisotopic (exact) mass is 313 g/mol. The zero-order chi connectivity index (χ0) is 6.69. The second kappa shape index (κ2) is 3.35. The van der Waals surface area contributed by atoms with Crippen LogP contribution in [0.4, 0.5) is 0 Å². The number of rotatable bonds is 1. The van der Waals surface area contributed by atoms with E-state index < -0.39 is 0 Å². The molecular weight excluding hydrogens is 303 g/mol. The van der Waals surface area contributed by atoms with Crippen LogP contribution in [0.15, 0.2) is 30.3 Å². The van der Waals surface area contributed by atoms with E-state index >= 15 is 0 Å². The van der Waals surface area contributed by atoms with E-state index in [4.69, 9.17) is 0 Å². The fourth-order valence-electron chi connectivity index (χ4n) is 0.742. The summed E-state index contributed by atoms with van der Waals surface area (Å²) in [4.78, 5) is 0. The van der Waals surface area contributed by atoms with Gasteiger partial charge in [-0.25, -0.2) is 0 Å². The normalized spacial score (nSPS) is 13.1. The summed E-state index contributed by atoms with van der Waals surface area (Å²) in [6.07, 6.45) is 0. The number of benzene rings is 1. The van der Waals surface area contributed by atoms with Crippen LogP contribution in [0.2, 0.25) is 0 Å². The van der Waals surface area contributed by atoms with Crippen LogP contribution in [-0.4, -0.2) is 25.8 Å². The van der Waals surface area contributed by atoms with E-state index in [0.717, 1.165) is 3.48 Å². The summed E-state index contributed by atoms with van der Waals surface area (Å²) in [6, 6.07) is 10.6. The molecule has 1 atom stereocenters. The van der Waals surface area contributed by atoms with Crippen molar-refractivity contribution in [3.8, 4) is 0 Å². The third-order valence-corrected chi connectivity index (χ3v) is 2.60. The average Bonchev–Trinajstić information content (AvgIpc) is 1.90. The van der Waals surface area contributed by atoms with Gasteiger partial charge >= 0.3 is 72.1 Å². The maximum atomic E-state index is 2.27. The van der Waals surface area contributed by atoms with Crippen LogP contribution in [0.1, 0.15) is 16.0 Å². The third kappa shape index (κ3) is 2.08. The summed E-state index contributed by atoms with van der Waals surface area (Å²) in [6.45, 7) is 2.27. The Bertz CT molecular complexity index is 167. The molecule has 0 aliphatic carbocycles. The Balaban J connectivity index is 2.85. The molecule has 0 nitrogen and oxygen atoms in total. The van der Waals surface area contributed by atoms with Crippen molar-refractivity contribution in [1.82, 2.24) is 0 Å². The minimum atomic E-state index is 0.797. The van der Waals surface area contributed by atoms with Crippen LogP contribution in [0.3, 0.4) is 0 Å². The third-order valence-electron chi connectivity index (χ3n) is 1.30. The molecule has 3 radical (unpaired) electrons. The van der Waals surface area contributed by atoms with Crippen molar-refractivity contribution in [2.45, 2.75) is 10.4 Å². The van der Waals surface area contributed by atoms with Crippen molar-refractivity contribution in [1.29, 1.82) is 0 Å². The maximum absolute atomic E-state index is 2.27. The topological polar surface area (TPSA) is 0 Å². The van der Waals surface area contributed by atoms with Gasteiger partial charge in [0.2, 0.25) is 0 Å². The molecule has 0 fully saturated rings. The summed E-state index contributed by atoms with van der Waals surface area (Å²) in [5, 5.41) is 0. The van der Waals surface area contributed by atoms with Crippen molar-refractivity contribution in [3.63, 3.8) is 0 Å². The Kier molecular flexibility index (Phi) is 2.70. The van der Waals surface area contributed by atoms with Crippen molar-refractivity contribution >= 4 is 25.8 Å². The van der Waals surface area contributed by atoms with Gasteiger partial charge in [0.25, 0.3) is 0 Å². The van der Waals surface area contributed by atoms with Gasteiger partial charge in [-0.05, 0) is 0 Å². The molecule has 1 heteroatoms. The number of hydrogen-bond donors (Lipinski definition) is 0. The first-order valence-corrected chi connectivity index (χ1v) is 5.31. The minimum absolute atomic E-state index is 0.797. The fourth-order valence-corrected chi connectivity index (χ4v) is 1.49. The molecular formula is C8H9Pb. The molecule has 0 aromatic heterocycles. The Hall–Kier alpha value is 0.142. The summed E-state index contributed by atoms with van der Waals surface area (Å²) in [5.74, 6) is 0. The fraction of sp³-hybridized carbons (Fsp3) is 0.250. The van der Waals surface area contributed by atoms with E-state index in [-0.39, 0.29) is 0 Å². The Labute approximate surface area is 72.0 Å². The van der Waals surface area contributed by atoms with Crippen LogP contribution in [0, 0.1) is 0 Å². The van der Waals surface area contributed by atoms with E-state index in [0.29, 0.717) is 0 Å².